The number of halogens is 2. The second-order valence-corrected chi connectivity index (χ2v) is 6.94. The van der Waals surface area contributed by atoms with Crippen molar-refractivity contribution in [3.8, 4) is 5.75 Å². The molecule has 1 saturated heterocycles. The van der Waals surface area contributed by atoms with E-state index in [1.54, 1.807) is 0 Å². The summed E-state index contributed by atoms with van der Waals surface area (Å²) >= 11 is 12.0. The fourth-order valence-electron chi connectivity index (χ4n) is 1.94. The Bertz CT molecular complexity index is 580. The van der Waals surface area contributed by atoms with Crippen LogP contribution in [0, 0.1) is 0 Å². The molecule has 1 fully saturated rings. The quantitative estimate of drug-likeness (QED) is 0.862. The van der Waals surface area contributed by atoms with Gasteiger partial charge in [0.15, 0.2) is 5.75 Å². The lowest BCUT2D eigenvalue weighted by Crippen LogP contribution is -2.38. The molecule has 1 aromatic carbocycles. The van der Waals surface area contributed by atoms with E-state index in [1.807, 2.05) is 0 Å². The molecule has 0 spiro atoms. The van der Waals surface area contributed by atoms with Crippen molar-refractivity contribution in [1.29, 1.82) is 0 Å². The van der Waals surface area contributed by atoms with Gasteiger partial charge in [-0.3, -0.25) is 4.90 Å². The number of nitrogens with zero attached hydrogens (tertiary/aromatic N) is 1. The maximum absolute atomic E-state index is 11.3. The molecular formula is C12H16Cl2N2O4S. The lowest BCUT2D eigenvalue weighted by atomic mass is 10.3. The molecule has 6 nitrogen and oxygen atoms in total. The van der Waals surface area contributed by atoms with Crippen LogP contribution in [0.4, 0.5) is 0 Å². The average Bonchev–Trinajstić information content (AvgIpc) is 2.42. The van der Waals surface area contributed by atoms with E-state index in [2.05, 4.69) is 4.90 Å². The summed E-state index contributed by atoms with van der Waals surface area (Å²) in [6, 6.07) is 2.46. The first kappa shape index (κ1) is 16.8. The molecule has 2 rings (SSSR count). The zero-order valence-corrected chi connectivity index (χ0v) is 13.5. The van der Waals surface area contributed by atoms with Crippen molar-refractivity contribution in [1.82, 2.24) is 4.90 Å². The third-order valence-electron chi connectivity index (χ3n) is 3.06. The Labute approximate surface area is 133 Å². The number of ether oxygens (including phenoxy) is 2. The number of benzene rings is 1. The number of hydrogen-bond donors (Lipinski definition) is 1. The Morgan fingerprint density at radius 3 is 2.33 bits per heavy atom. The minimum absolute atomic E-state index is 0.119. The highest BCUT2D eigenvalue weighted by atomic mass is 35.5. The summed E-state index contributed by atoms with van der Waals surface area (Å²) in [6.45, 7) is 4.25. The first-order valence-corrected chi connectivity index (χ1v) is 8.63. The number of hydrogen-bond acceptors (Lipinski definition) is 5. The van der Waals surface area contributed by atoms with E-state index in [-0.39, 0.29) is 20.7 Å². The van der Waals surface area contributed by atoms with Gasteiger partial charge >= 0.3 is 0 Å². The maximum atomic E-state index is 11.3. The normalized spacial score (nSPS) is 16.9. The number of sulfonamides is 1. The summed E-state index contributed by atoms with van der Waals surface area (Å²) in [4.78, 5) is 2.06. The van der Waals surface area contributed by atoms with Gasteiger partial charge in [0.1, 0.15) is 6.61 Å². The van der Waals surface area contributed by atoms with Crippen LogP contribution < -0.4 is 9.88 Å². The monoisotopic (exact) mass is 354 g/mol. The summed E-state index contributed by atoms with van der Waals surface area (Å²) < 4.78 is 33.4. The minimum Gasteiger partial charge on any atom is -0.489 e. The minimum atomic E-state index is -3.85. The zero-order chi connectivity index (χ0) is 15.5. The van der Waals surface area contributed by atoms with Gasteiger partial charge in [0.2, 0.25) is 10.0 Å². The van der Waals surface area contributed by atoms with Gasteiger partial charge in [0.25, 0.3) is 0 Å². The van der Waals surface area contributed by atoms with E-state index in [4.69, 9.17) is 37.8 Å². The van der Waals surface area contributed by atoms with Crippen LogP contribution in [0.1, 0.15) is 0 Å². The van der Waals surface area contributed by atoms with Gasteiger partial charge in [0, 0.05) is 19.6 Å². The van der Waals surface area contributed by atoms with E-state index in [1.165, 1.54) is 12.1 Å². The van der Waals surface area contributed by atoms with Gasteiger partial charge in [-0.1, -0.05) is 23.2 Å². The van der Waals surface area contributed by atoms with Crippen molar-refractivity contribution in [2.45, 2.75) is 4.90 Å². The first-order chi connectivity index (χ1) is 9.88. The van der Waals surface area contributed by atoms with Gasteiger partial charge in [-0.05, 0) is 12.1 Å². The Balaban J connectivity index is 2.00. The van der Waals surface area contributed by atoms with Crippen LogP contribution in [0.5, 0.6) is 5.75 Å². The number of morpholine rings is 1. The second kappa shape index (κ2) is 7.13. The molecule has 0 radical (unpaired) electrons. The molecule has 1 heterocycles. The number of rotatable bonds is 5. The molecule has 0 unspecified atom stereocenters. The highest BCUT2D eigenvalue weighted by molar-refractivity contribution is 7.89. The molecule has 118 valence electrons. The topological polar surface area (TPSA) is 81.9 Å². The summed E-state index contributed by atoms with van der Waals surface area (Å²) in [7, 11) is -3.85. The molecule has 0 bridgehead atoms. The Hall–Kier alpha value is -0.570. The van der Waals surface area contributed by atoms with Gasteiger partial charge in [-0.2, -0.15) is 0 Å². The fourth-order valence-corrected chi connectivity index (χ4v) is 3.23. The zero-order valence-electron chi connectivity index (χ0n) is 11.2. The van der Waals surface area contributed by atoms with Crippen molar-refractivity contribution >= 4 is 33.2 Å². The van der Waals surface area contributed by atoms with E-state index < -0.39 is 10.0 Å². The lowest BCUT2D eigenvalue weighted by molar-refractivity contribution is 0.0322. The van der Waals surface area contributed by atoms with E-state index in [0.29, 0.717) is 26.4 Å². The largest absolute Gasteiger partial charge is 0.489 e. The van der Waals surface area contributed by atoms with Crippen LogP contribution in [0.3, 0.4) is 0 Å². The van der Waals surface area contributed by atoms with Crippen LogP contribution in [-0.4, -0.2) is 52.8 Å². The van der Waals surface area contributed by atoms with E-state index in [9.17, 15) is 8.42 Å². The van der Waals surface area contributed by atoms with Gasteiger partial charge in [-0.15, -0.1) is 0 Å². The predicted molar refractivity (Wildman–Crippen MR) is 80.6 cm³/mol. The third kappa shape index (κ3) is 4.70. The summed E-state index contributed by atoms with van der Waals surface area (Å²) in [6.07, 6.45) is 0. The average molecular weight is 355 g/mol. The van der Waals surface area contributed by atoms with Crippen LogP contribution in [0.25, 0.3) is 0 Å². The molecule has 1 aliphatic rings. The van der Waals surface area contributed by atoms with Gasteiger partial charge < -0.3 is 9.47 Å². The van der Waals surface area contributed by atoms with Crippen LogP contribution in [0.2, 0.25) is 10.0 Å². The molecule has 21 heavy (non-hydrogen) atoms. The summed E-state index contributed by atoms with van der Waals surface area (Å²) in [5.74, 6) is 0.263. The predicted octanol–water partition coefficient (Wildman–Crippen LogP) is 1.35. The lowest BCUT2D eigenvalue weighted by Gasteiger charge is -2.26. The molecule has 0 aromatic heterocycles. The van der Waals surface area contributed by atoms with Crippen LogP contribution in [-0.2, 0) is 14.8 Å². The molecule has 0 aliphatic carbocycles. The van der Waals surface area contributed by atoms with Crippen molar-refractivity contribution in [2.75, 3.05) is 39.5 Å². The molecule has 1 aromatic rings. The van der Waals surface area contributed by atoms with Crippen LogP contribution in [0.15, 0.2) is 17.0 Å². The van der Waals surface area contributed by atoms with Crippen LogP contribution >= 0.6 is 23.2 Å². The van der Waals surface area contributed by atoms with Gasteiger partial charge in [0.05, 0.1) is 28.2 Å². The molecule has 1 aliphatic heterocycles. The SMILES string of the molecule is NS(=O)(=O)c1cc(Cl)c(OCCN2CCOCC2)c(Cl)c1. The fraction of sp³-hybridized carbons (Fsp3) is 0.500. The maximum Gasteiger partial charge on any atom is 0.238 e. The molecule has 9 heteroatoms. The van der Waals surface area contributed by atoms with E-state index >= 15 is 0 Å². The van der Waals surface area contributed by atoms with Crippen molar-refractivity contribution in [3.63, 3.8) is 0 Å². The molecule has 0 amide bonds. The molecule has 0 atom stereocenters. The third-order valence-corrected chi connectivity index (χ3v) is 4.51. The van der Waals surface area contributed by atoms with Crippen molar-refractivity contribution < 1.29 is 17.9 Å². The smallest absolute Gasteiger partial charge is 0.238 e. The highest BCUT2D eigenvalue weighted by Crippen LogP contribution is 2.35. The number of nitrogens with two attached hydrogens (primary N) is 1. The Kier molecular flexibility index (Phi) is 5.70. The van der Waals surface area contributed by atoms with Gasteiger partial charge in [-0.25, -0.2) is 13.6 Å². The second-order valence-electron chi connectivity index (χ2n) is 4.56. The summed E-state index contributed by atoms with van der Waals surface area (Å²) in [5, 5.41) is 5.28. The highest BCUT2D eigenvalue weighted by Gasteiger charge is 2.16. The first-order valence-electron chi connectivity index (χ1n) is 6.32. The Morgan fingerprint density at radius 1 is 1.24 bits per heavy atom. The Morgan fingerprint density at radius 2 is 1.81 bits per heavy atom. The molecule has 2 N–H and O–H groups in total. The standard InChI is InChI=1S/C12H16Cl2N2O4S/c13-10-7-9(21(15,17)18)8-11(14)12(10)20-6-3-16-1-4-19-5-2-16/h7-8H,1-6H2,(H2,15,17,18). The van der Waals surface area contributed by atoms with E-state index in [0.717, 1.165) is 13.1 Å². The molecular weight excluding hydrogens is 339 g/mol. The van der Waals surface area contributed by atoms with Crippen molar-refractivity contribution in [3.05, 3.63) is 22.2 Å². The van der Waals surface area contributed by atoms with Crippen molar-refractivity contribution in [2.24, 2.45) is 5.14 Å². The number of primary sulfonamides is 1. The molecule has 0 saturated carbocycles. The summed E-state index contributed by atoms with van der Waals surface area (Å²) in [5.41, 5.74) is 0.